The van der Waals surface area contributed by atoms with Gasteiger partial charge >= 0.3 is 0 Å². The highest BCUT2D eigenvalue weighted by Crippen LogP contribution is 2.53. The zero-order chi connectivity index (χ0) is 11.7. The van der Waals surface area contributed by atoms with Crippen LogP contribution in [0.25, 0.3) is 0 Å². The van der Waals surface area contributed by atoms with Gasteiger partial charge in [0.05, 0.1) is 12.1 Å². The van der Waals surface area contributed by atoms with Crippen molar-refractivity contribution in [3.63, 3.8) is 0 Å². The molecule has 0 spiro atoms. The van der Waals surface area contributed by atoms with Crippen LogP contribution >= 0.6 is 0 Å². The minimum Gasteiger partial charge on any atom is -0.286 e. The van der Waals surface area contributed by atoms with Gasteiger partial charge in [-0.25, -0.2) is 0 Å². The third kappa shape index (κ3) is 1.87. The van der Waals surface area contributed by atoms with Crippen LogP contribution in [0.3, 0.4) is 0 Å². The van der Waals surface area contributed by atoms with E-state index in [1.54, 1.807) is 0 Å². The second-order valence-electron chi connectivity index (χ2n) is 4.54. The Morgan fingerprint density at radius 2 is 1.18 bits per heavy atom. The van der Waals surface area contributed by atoms with Gasteiger partial charge in [-0.05, 0) is 17.7 Å². The van der Waals surface area contributed by atoms with Gasteiger partial charge < -0.3 is 0 Å². The zero-order valence-electron chi connectivity index (χ0n) is 10.1. The van der Waals surface area contributed by atoms with E-state index >= 15 is 0 Å². The summed E-state index contributed by atoms with van der Waals surface area (Å²) in [6.07, 6.45) is 0. The molecule has 3 atom stereocenters. The van der Waals surface area contributed by atoms with Gasteiger partial charge in [0.2, 0.25) is 0 Å². The normalized spacial score (nSPS) is 26.8. The first-order valence-electron chi connectivity index (χ1n) is 6.27. The molecule has 1 unspecified atom stereocenters. The van der Waals surface area contributed by atoms with Crippen LogP contribution in [0.2, 0.25) is 0 Å². The molecule has 1 heterocycles. The van der Waals surface area contributed by atoms with E-state index in [4.69, 9.17) is 0 Å². The smallest absolute Gasteiger partial charge is 0.0552 e. The van der Waals surface area contributed by atoms with Crippen molar-refractivity contribution < 1.29 is 0 Å². The highest BCUT2D eigenvalue weighted by molar-refractivity contribution is 5.34. The van der Waals surface area contributed by atoms with Crippen LogP contribution in [0.5, 0.6) is 0 Å². The van der Waals surface area contributed by atoms with E-state index in [2.05, 4.69) is 72.5 Å². The Morgan fingerprint density at radius 3 is 1.53 bits per heavy atom. The lowest BCUT2D eigenvalue weighted by Gasteiger charge is -1.97. The molecular formula is C16H17N. The Labute approximate surface area is 103 Å². The average Bonchev–Trinajstić information content (AvgIpc) is 3.15. The molecule has 0 saturated carbocycles. The highest BCUT2D eigenvalue weighted by atomic mass is 15.3. The summed E-state index contributed by atoms with van der Waals surface area (Å²) in [5.41, 5.74) is 2.87. The van der Waals surface area contributed by atoms with Crippen molar-refractivity contribution in [1.29, 1.82) is 0 Å². The predicted molar refractivity (Wildman–Crippen MR) is 70.7 cm³/mol. The molecule has 3 rings (SSSR count). The fourth-order valence-electron chi connectivity index (χ4n) is 2.72. The molecule has 0 aromatic heterocycles. The maximum atomic E-state index is 2.53. The molecule has 1 nitrogen and oxygen atoms in total. The quantitative estimate of drug-likeness (QED) is 0.715. The summed E-state index contributed by atoms with van der Waals surface area (Å²) >= 11 is 0. The molecule has 0 N–H and O–H groups in total. The first kappa shape index (κ1) is 10.5. The molecule has 0 bridgehead atoms. The summed E-state index contributed by atoms with van der Waals surface area (Å²) < 4.78 is 0. The average molecular weight is 223 g/mol. The Morgan fingerprint density at radius 1 is 0.765 bits per heavy atom. The molecule has 1 saturated heterocycles. The van der Waals surface area contributed by atoms with Gasteiger partial charge in [0, 0.05) is 0 Å². The van der Waals surface area contributed by atoms with Crippen molar-refractivity contribution in [2.45, 2.75) is 19.0 Å². The zero-order valence-corrected chi connectivity index (χ0v) is 10.1. The van der Waals surface area contributed by atoms with Crippen LogP contribution < -0.4 is 0 Å². The molecule has 0 aliphatic carbocycles. The first-order valence-corrected chi connectivity index (χ1v) is 6.27. The summed E-state index contributed by atoms with van der Waals surface area (Å²) in [6, 6.07) is 22.8. The fraction of sp³-hybridized carbons (Fsp3) is 0.250. The standard InChI is InChI=1S/C16H17N/c1-2-17-15(13-9-5-3-6-10-13)16(17)14-11-7-4-8-12-14/h3-12,15-16H,2H2,1H3/t15-,16+,17?. The van der Waals surface area contributed by atoms with Crippen molar-refractivity contribution in [1.82, 2.24) is 4.90 Å². The number of nitrogens with zero attached hydrogens (tertiary/aromatic N) is 1. The molecule has 86 valence electrons. The Hall–Kier alpha value is -1.60. The van der Waals surface area contributed by atoms with Crippen molar-refractivity contribution >= 4 is 0 Å². The molecule has 2 aromatic rings. The lowest BCUT2D eigenvalue weighted by atomic mass is 10.0. The van der Waals surface area contributed by atoms with Crippen molar-refractivity contribution in [2.24, 2.45) is 0 Å². The van der Waals surface area contributed by atoms with Gasteiger partial charge in [-0.3, -0.25) is 4.90 Å². The van der Waals surface area contributed by atoms with E-state index in [0.717, 1.165) is 6.54 Å². The predicted octanol–water partition coefficient (Wildman–Crippen LogP) is 3.80. The summed E-state index contributed by atoms with van der Waals surface area (Å²) in [5, 5.41) is 0. The minimum atomic E-state index is 0.573. The molecule has 2 aromatic carbocycles. The Balaban J connectivity index is 1.88. The first-order chi connectivity index (χ1) is 8.42. The number of hydrogen-bond acceptors (Lipinski definition) is 1. The molecule has 0 amide bonds. The summed E-state index contributed by atoms with van der Waals surface area (Å²) in [7, 11) is 0. The van der Waals surface area contributed by atoms with Gasteiger partial charge in [-0.1, -0.05) is 67.6 Å². The number of rotatable bonds is 3. The van der Waals surface area contributed by atoms with Crippen LogP contribution in [-0.4, -0.2) is 11.4 Å². The van der Waals surface area contributed by atoms with E-state index in [1.165, 1.54) is 11.1 Å². The molecule has 1 heteroatoms. The van der Waals surface area contributed by atoms with Crippen LogP contribution in [-0.2, 0) is 0 Å². The maximum Gasteiger partial charge on any atom is 0.0552 e. The SMILES string of the molecule is CCN1[C@H](c2ccccc2)[C@@H]1c1ccccc1. The van der Waals surface area contributed by atoms with Gasteiger partial charge in [-0.15, -0.1) is 0 Å². The van der Waals surface area contributed by atoms with Crippen LogP contribution in [0.4, 0.5) is 0 Å². The van der Waals surface area contributed by atoms with E-state index < -0.39 is 0 Å². The maximum absolute atomic E-state index is 2.53. The molecule has 1 aliphatic heterocycles. The third-order valence-corrected chi connectivity index (χ3v) is 3.57. The molecule has 1 fully saturated rings. The number of benzene rings is 2. The summed E-state index contributed by atoms with van der Waals surface area (Å²) in [6.45, 7) is 3.35. The van der Waals surface area contributed by atoms with Crippen LogP contribution in [0.1, 0.15) is 30.1 Å². The van der Waals surface area contributed by atoms with E-state index in [0.29, 0.717) is 12.1 Å². The van der Waals surface area contributed by atoms with E-state index in [1.807, 2.05) is 0 Å². The Kier molecular flexibility index (Phi) is 2.69. The molecule has 0 radical (unpaired) electrons. The Bertz CT molecular complexity index is 432. The number of hydrogen-bond donors (Lipinski definition) is 0. The van der Waals surface area contributed by atoms with Crippen molar-refractivity contribution in [2.75, 3.05) is 6.54 Å². The van der Waals surface area contributed by atoms with Gasteiger partial charge in [0.25, 0.3) is 0 Å². The van der Waals surface area contributed by atoms with Crippen LogP contribution in [0, 0.1) is 0 Å². The third-order valence-electron chi connectivity index (χ3n) is 3.57. The molecular weight excluding hydrogens is 206 g/mol. The fourth-order valence-corrected chi connectivity index (χ4v) is 2.72. The topological polar surface area (TPSA) is 3.01 Å². The van der Waals surface area contributed by atoms with Gasteiger partial charge in [0.15, 0.2) is 0 Å². The number of likely N-dealkylation sites (N-methyl/N-ethyl adjacent to an activating group) is 1. The molecule has 1 aliphatic rings. The van der Waals surface area contributed by atoms with Crippen LogP contribution in [0.15, 0.2) is 60.7 Å². The van der Waals surface area contributed by atoms with Gasteiger partial charge in [0.1, 0.15) is 0 Å². The lowest BCUT2D eigenvalue weighted by molar-refractivity contribution is 0.514. The second-order valence-corrected chi connectivity index (χ2v) is 4.54. The highest BCUT2D eigenvalue weighted by Gasteiger charge is 2.47. The van der Waals surface area contributed by atoms with Crippen molar-refractivity contribution in [3.05, 3.63) is 71.8 Å². The monoisotopic (exact) mass is 223 g/mol. The second kappa shape index (κ2) is 4.34. The minimum absolute atomic E-state index is 0.573. The van der Waals surface area contributed by atoms with E-state index in [-0.39, 0.29) is 0 Å². The van der Waals surface area contributed by atoms with E-state index in [9.17, 15) is 0 Å². The largest absolute Gasteiger partial charge is 0.286 e. The lowest BCUT2D eigenvalue weighted by Crippen LogP contribution is -1.96. The molecule has 17 heavy (non-hydrogen) atoms. The van der Waals surface area contributed by atoms with Crippen molar-refractivity contribution in [3.8, 4) is 0 Å². The van der Waals surface area contributed by atoms with Gasteiger partial charge in [-0.2, -0.15) is 0 Å². The summed E-state index contributed by atoms with van der Waals surface area (Å²) in [4.78, 5) is 2.53. The summed E-state index contributed by atoms with van der Waals surface area (Å²) in [5.74, 6) is 0.